The number of hydrogen-bond acceptors (Lipinski definition) is 5. The van der Waals surface area contributed by atoms with Gasteiger partial charge in [0.25, 0.3) is 5.56 Å². The van der Waals surface area contributed by atoms with Crippen molar-refractivity contribution in [3.05, 3.63) is 70.3 Å². The molecule has 7 nitrogen and oxygen atoms in total. The summed E-state index contributed by atoms with van der Waals surface area (Å²) in [6.45, 7) is 5.17. The lowest BCUT2D eigenvalue weighted by Gasteiger charge is -2.33. The lowest BCUT2D eigenvalue weighted by molar-refractivity contribution is 0.0893. The molecule has 0 unspecified atom stereocenters. The first kappa shape index (κ1) is 23.4. The highest BCUT2D eigenvalue weighted by Gasteiger charge is 2.34. The zero-order valence-corrected chi connectivity index (χ0v) is 20.1. The number of carbonyl (C=O) groups is 1. The van der Waals surface area contributed by atoms with Gasteiger partial charge in [0.05, 0.1) is 24.9 Å². The molecule has 184 valence electrons. The number of aryl methyl sites for hydroxylation is 1. The minimum absolute atomic E-state index is 0.00122. The first-order chi connectivity index (χ1) is 16.9. The fraction of sp³-hybridized carbons (Fsp3) is 0.407. The van der Waals surface area contributed by atoms with Crippen molar-refractivity contribution < 1.29 is 18.7 Å². The van der Waals surface area contributed by atoms with Crippen LogP contribution in [-0.4, -0.2) is 55.0 Å². The number of nitrogens with zero attached hydrogens (tertiary/aromatic N) is 3. The molecule has 2 aliphatic heterocycles. The van der Waals surface area contributed by atoms with Crippen molar-refractivity contribution in [1.29, 1.82) is 0 Å². The standard InChI is InChI=1S/C27H30FN3O4/c1-18-3-6-21(13-24(18)28)30-17-23(35-27(30)33)16-29-11-9-19(10-12-29)15-31-25-14-22(34-2)7-4-20(25)5-8-26(31)32/h3-8,13-14,19,23H,9-12,15-17H2,1-2H3/t23-/m1/s1. The van der Waals surface area contributed by atoms with E-state index in [0.29, 0.717) is 36.8 Å². The summed E-state index contributed by atoms with van der Waals surface area (Å²) in [5, 5.41) is 1.02. The number of fused-ring (bicyclic) bond motifs is 1. The number of likely N-dealkylation sites (tertiary alicyclic amines) is 1. The van der Waals surface area contributed by atoms with Gasteiger partial charge >= 0.3 is 6.09 Å². The third-order valence-corrected chi connectivity index (χ3v) is 7.15. The largest absolute Gasteiger partial charge is 0.497 e. The van der Waals surface area contributed by atoms with Crippen LogP contribution in [0.4, 0.5) is 14.9 Å². The minimum atomic E-state index is -0.432. The molecule has 2 aliphatic rings. The Labute approximate surface area is 203 Å². The van der Waals surface area contributed by atoms with Gasteiger partial charge in [-0.1, -0.05) is 6.07 Å². The van der Waals surface area contributed by atoms with Crippen molar-refractivity contribution in [2.75, 3.05) is 38.2 Å². The van der Waals surface area contributed by atoms with Gasteiger partial charge in [0, 0.05) is 25.2 Å². The summed E-state index contributed by atoms with van der Waals surface area (Å²) in [4.78, 5) is 28.8. The monoisotopic (exact) mass is 479 g/mol. The fourth-order valence-corrected chi connectivity index (χ4v) is 5.06. The maximum absolute atomic E-state index is 14.0. The number of benzene rings is 2. The molecule has 0 spiro atoms. The van der Waals surface area contributed by atoms with Crippen LogP contribution >= 0.6 is 0 Å². The summed E-state index contributed by atoms with van der Waals surface area (Å²) in [6, 6.07) is 14.1. The first-order valence-corrected chi connectivity index (χ1v) is 12.1. The van der Waals surface area contributed by atoms with E-state index in [1.807, 2.05) is 28.8 Å². The lowest BCUT2D eigenvalue weighted by atomic mass is 9.96. The summed E-state index contributed by atoms with van der Waals surface area (Å²) in [7, 11) is 1.63. The second-order valence-electron chi connectivity index (χ2n) is 9.50. The van der Waals surface area contributed by atoms with Gasteiger partial charge < -0.3 is 14.0 Å². The zero-order valence-electron chi connectivity index (χ0n) is 20.1. The maximum atomic E-state index is 14.0. The van der Waals surface area contributed by atoms with E-state index in [1.165, 1.54) is 11.0 Å². The zero-order chi connectivity index (χ0) is 24.5. The summed E-state index contributed by atoms with van der Waals surface area (Å²) in [6.07, 6.45) is 1.23. The van der Waals surface area contributed by atoms with Crippen molar-refractivity contribution in [2.24, 2.45) is 5.92 Å². The summed E-state index contributed by atoms with van der Waals surface area (Å²) in [5.74, 6) is 0.795. The Kier molecular flexibility index (Phi) is 6.47. The Morgan fingerprint density at radius 1 is 1.03 bits per heavy atom. The second kappa shape index (κ2) is 9.70. The van der Waals surface area contributed by atoms with Gasteiger partial charge in [0.15, 0.2) is 0 Å². The molecule has 2 saturated heterocycles. The third kappa shape index (κ3) is 4.89. The van der Waals surface area contributed by atoms with Crippen molar-refractivity contribution in [1.82, 2.24) is 9.47 Å². The summed E-state index contributed by atoms with van der Waals surface area (Å²) < 4.78 is 26.7. The van der Waals surface area contributed by atoms with E-state index in [9.17, 15) is 14.0 Å². The molecule has 0 bridgehead atoms. The number of pyridine rings is 1. The normalized spacial score (nSPS) is 19.3. The van der Waals surface area contributed by atoms with E-state index in [1.54, 1.807) is 32.2 Å². The molecule has 1 amide bonds. The first-order valence-electron chi connectivity index (χ1n) is 12.1. The Bertz CT molecular complexity index is 1300. The quantitative estimate of drug-likeness (QED) is 0.530. The molecular weight excluding hydrogens is 449 g/mol. The van der Waals surface area contributed by atoms with Crippen LogP contribution in [0, 0.1) is 18.7 Å². The second-order valence-corrected chi connectivity index (χ2v) is 9.50. The van der Waals surface area contributed by atoms with E-state index < -0.39 is 6.09 Å². The van der Waals surface area contributed by atoms with Crippen LogP contribution in [0.25, 0.3) is 10.9 Å². The SMILES string of the molecule is COc1ccc2ccc(=O)n(CC3CCN(C[C@@H]4CN(c5ccc(C)c(F)c5)C(=O)O4)CC3)c2c1. The Hall–Kier alpha value is -3.39. The van der Waals surface area contributed by atoms with Crippen molar-refractivity contribution in [3.63, 3.8) is 0 Å². The Morgan fingerprint density at radius 2 is 1.80 bits per heavy atom. The number of amides is 1. The topological polar surface area (TPSA) is 64.0 Å². The summed E-state index contributed by atoms with van der Waals surface area (Å²) in [5.41, 5.74) is 1.96. The number of ether oxygens (including phenoxy) is 2. The van der Waals surface area contributed by atoms with Crippen LogP contribution in [0.15, 0.2) is 53.3 Å². The molecule has 3 heterocycles. The smallest absolute Gasteiger partial charge is 0.414 e. The molecule has 2 fully saturated rings. The van der Waals surface area contributed by atoms with Crippen LogP contribution in [0.5, 0.6) is 5.75 Å². The van der Waals surface area contributed by atoms with Gasteiger partial charge in [-0.15, -0.1) is 0 Å². The maximum Gasteiger partial charge on any atom is 0.414 e. The van der Waals surface area contributed by atoms with Gasteiger partial charge in [-0.3, -0.25) is 14.6 Å². The molecule has 35 heavy (non-hydrogen) atoms. The molecule has 3 aromatic rings. The van der Waals surface area contributed by atoms with Crippen molar-refractivity contribution in [3.8, 4) is 5.75 Å². The predicted octanol–water partition coefficient (Wildman–Crippen LogP) is 4.20. The lowest BCUT2D eigenvalue weighted by Crippen LogP contribution is -2.41. The van der Waals surface area contributed by atoms with E-state index >= 15 is 0 Å². The number of cyclic esters (lactones) is 1. The number of hydrogen-bond donors (Lipinski definition) is 0. The molecule has 0 saturated carbocycles. The van der Waals surface area contributed by atoms with E-state index in [4.69, 9.17) is 9.47 Å². The van der Waals surface area contributed by atoms with E-state index in [2.05, 4.69) is 4.90 Å². The Balaban J connectivity index is 1.19. The molecule has 5 rings (SSSR count). The molecule has 8 heteroatoms. The molecular formula is C27H30FN3O4. The Morgan fingerprint density at radius 3 is 2.54 bits per heavy atom. The summed E-state index contributed by atoms with van der Waals surface area (Å²) >= 11 is 0. The van der Waals surface area contributed by atoms with Crippen molar-refractivity contribution in [2.45, 2.75) is 32.4 Å². The molecule has 1 atom stereocenters. The average molecular weight is 480 g/mol. The number of rotatable bonds is 6. The van der Waals surface area contributed by atoms with E-state index in [-0.39, 0.29) is 17.5 Å². The van der Waals surface area contributed by atoms with Crippen molar-refractivity contribution >= 4 is 22.7 Å². The number of methoxy groups -OCH3 is 1. The molecule has 2 aromatic carbocycles. The van der Waals surface area contributed by atoms with Crippen LogP contribution in [0.1, 0.15) is 18.4 Å². The highest BCUT2D eigenvalue weighted by molar-refractivity contribution is 5.89. The highest BCUT2D eigenvalue weighted by Crippen LogP contribution is 2.26. The number of aromatic nitrogens is 1. The molecule has 1 aromatic heterocycles. The average Bonchev–Trinajstić information content (AvgIpc) is 3.23. The van der Waals surface area contributed by atoms with Gasteiger partial charge in [-0.25, -0.2) is 9.18 Å². The van der Waals surface area contributed by atoms with Crippen LogP contribution < -0.4 is 15.2 Å². The number of piperidine rings is 1. The number of carbonyl (C=O) groups excluding carboxylic acids is 1. The molecule has 0 radical (unpaired) electrons. The molecule has 0 aliphatic carbocycles. The fourth-order valence-electron chi connectivity index (χ4n) is 5.06. The predicted molar refractivity (Wildman–Crippen MR) is 133 cm³/mol. The number of anilines is 1. The van der Waals surface area contributed by atoms with Crippen LogP contribution in [-0.2, 0) is 11.3 Å². The van der Waals surface area contributed by atoms with Gasteiger partial charge in [0.2, 0.25) is 0 Å². The molecule has 0 N–H and O–H groups in total. The van der Waals surface area contributed by atoms with Crippen LogP contribution in [0.3, 0.4) is 0 Å². The minimum Gasteiger partial charge on any atom is -0.497 e. The number of halogens is 1. The van der Waals surface area contributed by atoms with Gasteiger partial charge in [-0.2, -0.15) is 0 Å². The van der Waals surface area contributed by atoms with Gasteiger partial charge in [0.1, 0.15) is 17.7 Å². The van der Waals surface area contributed by atoms with Gasteiger partial charge in [-0.05, 0) is 80.1 Å². The van der Waals surface area contributed by atoms with Crippen LogP contribution in [0.2, 0.25) is 0 Å². The van der Waals surface area contributed by atoms with E-state index in [0.717, 1.165) is 42.6 Å². The highest BCUT2D eigenvalue weighted by atomic mass is 19.1. The third-order valence-electron chi connectivity index (χ3n) is 7.15.